The molecule has 1 aromatic carbocycles. The van der Waals surface area contributed by atoms with Crippen molar-refractivity contribution in [3.8, 4) is 11.5 Å². The van der Waals surface area contributed by atoms with Crippen molar-refractivity contribution < 1.29 is 14.3 Å². The van der Waals surface area contributed by atoms with Gasteiger partial charge in [-0.05, 0) is 23.8 Å². The number of hydrogen-bond donors (Lipinski definition) is 0. The largest absolute Gasteiger partial charge is 0.493 e. The molecule has 140 valence electrons. The van der Waals surface area contributed by atoms with Crippen LogP contribution >= 0.6 is 27.3 Å². The van der Waals surface area contributed by atoms with Crippen LogP contribution < -0.4 is 24.2 Å². The highest BCUT2D eigenvalue weighted by molar-refractivity contribution is 9.10. The number of halogens is 1. The third-order valence-electron chi connectivity index (χ3n) is 3.84. The molecule has 0 atom stereocenters. The topological polar surface area (TPSA) is 57.5 Å². The number of carbonyl (C=O) groups excluding carboxylic acids is 1. The number of rotatable bonds is 4. The highest BCUT2D eigenvalue weighted by atomic mass is 79.9. The Balaban J connectivity index is 2.65. The molecule has 0 radical (unpaired) electrons. The highest BCUT2D eigenvalue weighted by Gasteiger charge is 2.19. The van der Waals surface area contributed by atoms with Crippen LogP contribution in [0.25, 0.3) is 12.2 Å². The number of benzene rings is 1. The zero-order valence-electron chi connectivity index (χ0n) is 15.7. The molecule has 2 rings (SSSR count). The molecule has 0 fully saturated rings. The monoisotopic (exact) mass is 439 g/mol. The van der Waals surface area contributed by atoms with Crippen molar-refractivity contribution >= 4 is 45.2 Å². The highest BCUT2D eigenvalue weighted by Crippen LogP contribution is 2.33. The molecule has 2 aromatic rings. The standard InChI is InChI=1S/C19H22BrNO4S/c1-19(2,3)16(22)10-17-21(4)18(23)15(26-17)8-11-7-13(24-5)14(25-6)9-12(11)20/h7-10H,1-6H3/b15-8-,17-10-. The van der Waals surface area contributed by atoms with Crippen LogP contribution in [0, 0.1) is 5.41 Å². The number of Topliss-reactive ketones (excluding diaryl/α,β-unsaturated/α-hetero) is 1. The lowest BCUT2D eigenvalue weighted by Crippen LogP contribution is -2.30. The van der Waals surface area contributed by atoms with Gasteiger partial charge in [0.2, 0.25) is 0 Å². The second-order valence-corrected chi connectivity index (χ2v) is 8.72. The number of hydrogen-bond acceptors (Lipinski definition) is 5. The van der Waals surface area contributed by atoms with E-state index >= 15 is 0 Å². The maximum atomic E-state index is 12.6. The van der Waals surface area contributed by atoms with Crippen LogP contribution in [-0.2, 0) is 11.8 Å². The molecule has 0 unspecified atom stereocenters. The lowest BCUT2D eigenvalue weighted by atomic mass is 9.91. The minimum atomic E-state index is -0.490. The summed E-state index contributed by atoms with van der Waals surface area (Å²) < 4.78 is 14.0. The number of thiazole rings is 1. The van der Waals surface area contributed by atoms with Gasteiger partial charge in [-0.2, -0.15) is 0 Å². The van der Waals surface area contributed by atoms with Crippen molar-refractivity contribution in [2.75, 3.05) is 14.2 Å². The number of methoxy groups -OCH3 is 2. The van der Waals surface area contributed by atoms with Crippen molar-refractivity contribution in [1.29, 1.82) is 0 Å². The molecule has 0 amide bonds. The zero-order chi connectivity index (χ0) is 19.6. The van der Waals surface area contributed by atoms with Gasteiger partial charge in [0.25, 0.3) is 5.56 Å². The smallest absolute Gasteiger partial charge is 0.268 e. The Morgan fingerprint density at radius 3 is 2.31 bits per heavy atom. The molecule has 7 heteroatoms. The van der Waals surface area contributed by atoms with Gasteiger partial charge in [0.05, 0.1) is 18.8 Å². The summed E-state index contributed by atoms with van der Waals surface area (Å²) >= 11 is 4.78. The minimum absolute atomic E-state index is 0.0202. The first-order valence-electron chi connectivity index (χ1n) is 7.93. The van der Waals surface area contributed by atoms with E-state index in [4.69, 9.17) is 9.47 Å². The summed E-state index contributed by atoms with van der Waals surface area (Å²) in [7, 11) is 4.80. The predicted molar refractivity (Wildman–Crippen MR) is 109 cm³/mol. The normalized spacial score (nSPS) is 13.2. The molecule has 0 aliphatic heterocycles. The fourth-order valence-corrected chi connectivity index (χ4v) is 3.62. The Labute approximate surface area is 164 Å². The predicted octanol–water partition coefficient (Wildman–Crippen LogP) is 2.45. The zero-order valence-corrected chi connectivity index (χ0v) is 18.1. The van der Waals surface area contributed by atoms with Crippen molar-refractivity contribution in [2.24, 2.45) is 12.5 Å². The van der Waals surface area contributed by atoms with Crippen LogP contribution in [0.1, 0.15) is 26.3 Å². The molecule has 0 bridgehead atoms. The lowest BCUT2D eigenvalue weighted by molar-refractivity contribution is -0.120. The summed E-state index contributed by atoms with van der Waals surface area (Å²) in [5.74, 6) is 1.15. The van der Waals surface area contributed by atoms with Crippen LogP contribution in [0.3, 0.4) is 0 Å². The Hall–Kier alpha value is -1.86. The van der Waals surface area contributed by atoms with Crippen LogP contribution in [0.5, 0.6) is 11.5 Å². The van der Waals surface area contributed by atoms with Crippen LogP contribution in [0.15, 0.2) is 21.4 Å². The first kappa shape index (κ1) is 20.5. The van der Waals surface area contributed by atoms with Crippen molar-refractivity contribution in [3.05, 3.63) is 41.7 Å². The molecule has 0 spiro atoms. The van der Waals surface area contributed by atoms with Gasteiger partial charge >= 0.3 is 0 Å². The molecule has 0 saturated carbocycles. The van der Waals surface area contributed by atoms with Gasteiger partial charge in [-0.15, -0.1) is 11.3 Å². The van der Waals surface area contributed by atoms with Crippen molar-refractivity contribution in [3.63, 3.8) is 0 Å². The molecule has 0 N–H and O–H groups in total. The summed E-state index contributed by atoms with van der Waals surface area (Å²) in [6.45, 7) is 5.56. The molecule has 0 aliphatic carbocycles. The Kier molecular flexibility index (Phi) is 6.13. The lowest BCUT2D eigenvalue weighted by Gasteiger charge is -2.12. The summed E-state index contributed by atoms with van der Waals surface area (Å²) in [5, 5.41) is 0. The maximum Gasteiger partial charge on any atom is 0.268 e. The Morgan fingerprint density at radius 2 is 1.77 bits per heavy atom. The van der Waals surface area contributed by atoms with E-state index in [0.717, 1.165) is 10.0 Å². The summed E-state index contributed by atoms with van der Waals surface area (Å²) in [6, 6.07) is 3.59. The number of nitrogens with zero attached hydrogens (tertiary/aromatic N) is 1. The first-order chi connectivity index (χ1) is 12.1. The van der Waals surface area contributed by atoms with Gasteiger partial charge in [-0.1, -0.05) is 36.7 Å². The second-order valence-electron chi connectivity index (χ2n) is 6.80. The minimum Gasteiger partial charge on any atom is -0.493 e. The SMILES string of the molecule is COc1cc(Br)c(/C=c2\s/c(=C\C(=O)C(C)(C)C)n(C)c2=O)cc1OC. The van der Waals surface area contributed by atoms with E-state index in [1.807, 2.05) is 20.8 Å². The van der Waals surface area contributed by atoms with Crippen LogP contribution in [-0.4, -0.2) is 24.6 Å². The molecular formula is C19H22BrNO4S. The second kappa shape index (κ2) is 7.80. The van der Waals surface area contributed by atoms with E-state index in [1.165, 1.54) is 22.0 Å². The fraction of sp³-hybridized carbons (Fsp3) is 0.368. The van der Waals surface area contributed by atoms with Crippen LogP contribution in [0.4, 0.5) is 0 Å². The van der Waals surface area contributed by atoms with E-state index in [-0.39, 0.29) is 11.3 Å². The number of ketones is 1. The summed E-state index contributed by atoms with van der Waals surface area (Å²) in [6.07, 6.45) is 3.31. The van der Waals surface area contributed by atoms with E-state index in [9.17, 15) is 9.59 Å². The quantitative estimate of drug-likeness (QED) is 0.733. The average Bonchev–Trinajstić information content (AvgIpc) is 2.83. The molecule has 0 saturated heterocycles. The maximum absolute atomic E-state index is 12.6. The van der Waals surface area contributed by atoms with Crippen molar-refractivity contribution in [2.45, 2.75) is 20.8 Å². The van der Waals surface area contributed by atoms with E-state index in [2.05, 4.69) is 15.9 Å². The van der Waals surface area contributed by atoms with Gasteiger partial charge in [0.15, 0.2) is 17.3 Å². The molecule has 26 heavy (non-hydrogen) atoms. The Morgan fingerprint density at radius 1 is 1.19 bits per heavy atom. The fourth-order valence-electron chi connectivity index (χ4n) is 2.16. The third kappa shape index (κ3) is 4.27. The van der Waals surface area contributed by atoms with Crippen LogP contribution in [0.2, 0.25) is 0 Å². The molecule has 0 aliphatic rings. The molecule has 1 aromatic heterocycles. The Bertz CT molecular complexity index is 1010. The van der Waals surface area contributed by atoms with Gasteiger partial charge in [-0.3, -0.25) is 9.59 Å². The number of ether oxygens (including phenoxy) is 2. The van der Waals surface area contributed by atoms with Gasteiger partial charge in [0.1, 0.15) is 4.66 Å². The van der Waals surface area contributed by atoms with Gasteiger partial charge < -0.3 is 14.0 Å². The van der Waals surface area contributed by atoms with Gasteiger partial charge in [0, 0.05) is 23.0 Å². The average molecular weight is 440 g/mol. The van der Waals surface area contributed by atoms with E-state index in [0.29, 0.717) is 20.7 Å². The molecular weight excluding hydrogens is 418 g/mol. The molecule has 1 heterocycles. The number of aromatic nitrogens is 1. The summed E-state index contributed by atoms with van der Waals surface area (Å²) in [4.78, 5) is 24.8. The third-order valence-corrected chi connectivity index (χ3v) is 5.64. The number of carbonyl (C=O) groups is 1. The molecule has 5 nitrogen and oxygen atoms in total. The first-order valence-corrected chi connectivity index (χ1v) is 9.54. The summed E-state index contributed by atoms with van der Waals surface area (Å²) in [5.41, 5.74) is 0.149. The van der Waals surface area contributed by atoms with E-state index in [1.54, 1.807) is 39.5 Å². The van der Waals surface area contributed by atoms with Crippen molar-refractivity contribution in [1.82, 2.24) is 4.57 Å². The van der Waals surface area contributed by atoms with E-state index < -0.39 is 5.41 Å². The van der Waals surface area contributed by atoms with Gasteiger partial charge in [-0.25, -0.2) is 0 Å².